The van der Waals surface area contributed by atoms with E-state index >= 15 is 0 Å². The maximum Gasteiger partial charge on any atom is 0.422 e. The Labute approximate surface area is 178 Å². The second-order valence-corrected chi connectivity index (χ2v) is 7.30. The van der Waals surface area contributed by atoms with Gasteiger partial charge in [-0.1, -0.05) is 11.8 Å². The summed E-state index contributed by atoms with van der Waals surface area (Å²) in [4.78, 5) is 13.5. The zero-order valence-electron chi connectivity index (χ0n) is 17.2. The van der Waals surface area contributed by atoms with Crippen LogP contribution >= 0.6 is 11.8 Å². The van der Waals surface area contributed by atoms with Crippen molar-refractivity contribution in [1.82, 2.24) is 20.1 Å². The van der Waals surface area contributed by atoms with Crippen molar-refractivity contribution in [2.24, 2.45) is 0 Å². The van der Waals surface area contributed by atoms with Gasteiger partial charge in [-0.3, -0.25) is 0 Å². The van der Waals surface area contributed by atoms with Crippen LogP contribution in [0.2, 0.25) is 0 Å². The third-order valence-electron chi connectivity index (χ3n) is 4.26. The monoisotopic (exact) mass is 445 g/mol. The minimum Gasteiger partial charge on any atom is -0.440 e. The first-order chi connectivity index (χ1) is 14.3. The Morgan fingerprint density at radius 3 is 2.40 bits per heavy atom. The highest BCUT2D eigenvalue weighted by molar-refractivity contribution is 7.99. The number of amides is 1. The van der Waals surface area contributed by atoms with E-state index in [9.17, 15) is 18.0 Å². The predicted molar refractivity (Wildman–Crippen MR) is 111 cm³/mol. The van der Waals surface area contributed by atoms with Crippen LogP contribution in [-0.2, 0) is 11.3 Å². The Hall–Kier alpha value is -2.43. The predicted octanol–water partition coefficient (Wildman–Crippen LogP) is 4.19. The summed E-state index contributed by atoms with van der Waals surface area (Å²) in [5.41, 5.74) is 2.09. The van der Waals surface area contributed by atoms with Crippen LogP contribution in [0.5, 0.6) is 0 Å². The van der Waals surface area contributed by atoms with Gasteiger partial charge in [0.05, 0.1) is 0 Å². The van der Waals surface area contributed by atoms with Crippen molar-refractivity contribution in [3.05, 3.63) is 24.3 Å². The molecular formula is C19H26F3N5O2S. The molecule has 30 heavy (non-hydrogen) atoms. The van der Waals surface area contributed by atoms with Crippen LogP contribution in [-0.4, -0.2) is 59.0 Å². The molecule has 0 aliphatic heterocycles. The lowest BCUT2D eigenvalue weighted by Crippen LogP contribution is -2.30. The molecule has 0 saturated carbocycles. The lowest BCUT2D eigenvalue weighted by atomic mass is 10.2. The normalized spacial score (nSPS) is 11.4. The molecule has 0 radical (unpaired) electrons. The number of carbonyl (C=O) groups is 1. The summed E-state index contributed by atoms with van der Waals surface area (Å²) in [6, 6.07) is 8.13. The van der Waals surface area contributed by atoms with E-state index in [1.54, 1.807) is 0 Å². The maximum absolute atomic E-state index is 12.0. The van der Waals surface area contributed by atoms with Gasteiger partial charge in [0.25, 0.3) is 0 Å². The van der Waals surface area contributed by atoms with Gasteiger partial charge in [-0.15, -0.1) is 10.2 Å². The number of hydrogen-bond donors (Lipinski definition) is 1. The summed E-state index contributed by atoms with van der Waals surface area (Å²) >= 11 is 1.36. The third-order valence-corrected chi connectivity index (χ3v) is 5.23. The molecule has 2 aromatic rings. The number of nitrogens with zero attached hydrogens (tertiary/aromatic N) is 4. The minimum atomic E-state index is -4.54. The van der Waals surface area contributed by atoms with Crippen LogP contribution in [0.1, 0.15) is 20.8 Å². The van der Waals surface area contributed by atoms with Crippen molar-refractivity contribution in [3.8, 4) is 11.4 Å². The average molecular weight is 446 g/mol. The van der Waals surface area contributed by atoms with Gasteiger partial charge in [0.15, 0.2) is 17.6 Å². The van der Waals surface area contributed by atoms with Crippen molar-refractivity contribution < 1.29 is 22.7 Å². The van der Waals surface area contributed by atoms with Gasteiger partial charge in [-0.05, 0) is 45.0 Å². The minimum absolute atomic E-state index is 0.145. The number of rotatable bonds is 10. The largest absolute Gasteiger partial charge is 0.440 e. The SMILES string of the molecule is CCN(CC)c1ccc(-c2nnc(SCCNC(=O)OCC(F)(F)F)n2CC)cc1. The van der Waals surface area contributed by atoms with Gasteiger partial charge in [-0.2, -0.15) is 13.2 Å². The molecule has 2 rings (SSSR count). The second-order valence-electron chi connectivity index (χ2n) is 6.24. The van der Waals surface area contributed by atoms with Crippen LogP contribution in [0.4, 0.5) is 23.7 Å². The molecule has 1 heterocycles. The van der Waals surface area contributed by atoms with Crippen molar-refractivity contribution in [2.75, 3.05) is 36.9 Å². The molecule has 0 spiro atoms. The molecular weight excluding hydrogens is 419 g/mol. The number of carbonyl (C=O) groups excluding carboxylic acids is 1. The first kappa shape index (κ1) is 23.8. The maximum atomic E-state index is 12.0. The molecule has 1 aromatic heterocycles. The number of aromatic nitrogens is 3. The summed E-state index contributed by atoms with van der Waals surface area (Å²) in [5, 5.41) is 11.5. The van der Waals surface area contributed by atoms with Crippen molar-refractivity contribution in [1.29, 1.82) is 0 Å². The Morgan fingerprint density at radius 1 is 1.17 bits per heavy atom. The lowest BCUT2D eigenvalue weighted by Gasteiger charge is -2.21. The van der Waals surface area contributed by atoms with Gasteiger partial charge < -0.3 is 19.5 Å². The second kappa shape index (κ2) is 11.1. The number of ether oxygens (including phenoxy) is 1. The van der Waals surface area contributed by atoms with Crippen LogP contribution in [0.3, 0.4) is 0 Å². The van der Waals surface area contributed by atoms with Crippen LogP contribution < -0.4 is 10.2 Å². The quantitative estimate of drug-likeness (QED) is 0.437. The van der Waals surface area contributed by atoms with E-state index in [1.165, 1.54) is 11.8 Å². The number of halogens is 3. The number of alkyl carbamates (subject to hydrolysis) is 1. The Morgan fingerprint density at radius 2 is 1.83 bits per heavy atom. The molecule has 0 fully saturated rings. The van der Waals surface area contributed by atoms with Crippen molar-refractivity contribution >= 4 is 23.5 Å². The molecule has 1 N–H and O–H groups in total. The molecule has 0 bridgehead atoms. The van der Waals surface area contributed by atoms with Crippen LogP contribution in [0, 0.1) is 0 Å². The number of nitrogens with one attached hydrogen (secondary N) is 1. The summed E-state index contributed by atoms with van der Waals surface area (Å²) in [6.45, 7) is 7.26. The van der Waals surface area contributed by atoms with E-state index in [1.807, 2.05) is 23.6 Å². The molecule has 166 valence electrons. The Bertz CT molecular complexity index is 807. The van der Waals surface area contributed by atoms with E-state index in [-0.39, 0.29) is 6.54 Å². The lowest BCUT2D eigenvalue weighted by molar-refractivity contribution is -0.160. The number of thioether (sulfide) groups is 1. The van der Waals surface area contributed by atoms with E-state index in [4.69, 9.17) is 0 Å². The number of benzene rings is 1. The Balaban J connectivity index is 1.93. The summed E-state index contributed by atoms with van der Waals surface area (Å²) in [7, 11) is 0. The average Bonchev–Trinajstić information content (AvgIpc) is 3.13. The summed E-state index contributed by atoms with van der Waals surface area (Å²) in [6.07, 6.45) is -5.64. The highest BCUT2D eigenvalue weighted by Gasteiger charge is 2.29. The third kappa shape index (κ3) is 6.82. The van der Waals surface area contributed by atoms with E-state index < -0.39 is 18.9 Å². The van der Waals surface area contributed by atoms with E-state index in [0.717, 1.165) is 30.2 Å². The number of alkyl halides is 3. The van der Waals surface area contributed by atoms with Gasteiger partial charge in [0.1, 0.15) is 0 Å². The molecule has 11 heteroatoms. The van der Waals surface area contributed by atoms with E-state index in [0.29, 0.717) is 17.5 Å². The first-order valence-electron chi connectivity index (χ1n) is 9.67. The fraction of sp³-hybridized carbons (Fsp3) is 0.526. The Kier molecular flexibility index (Phi) is 8.82. The van der Waals surface area contributed by atoms with Gasteiger partial charge in [0.2, 0.25) is 0 Å². The zero-order valence-corrected chi connectivity index (χ0v) is 18.0. The zero-order chi connectivity index (χ0) is 22.1. The van der Waals surface area contributed by atoms with Gasteiger partial charge in [-0.25, -0.2) is 4.79 Å². The molecule has 1 amide bonds. The topological polar surface area (TPSA) is 72.3 Å². The molecule has 7 nitrogen and oxygen atoms in total. The highest BCUT2D eigenvalue weighted by atomic mass is 32.2. The van der Waals surface area contributed by atoms with Crippen LogP contribution in [0.15, 0.2) is 29.4 Å². The fourth-order valence-corrected chi connectivity index (χ4v) is 3.65. The number of anilines is 1. The fourth-order valence-electron chi connectivity index (χ4n) is 2.80. The molecule has 0 unspecified atom stereocenters. The number of hydrogen-bond acceptors (Lipinski definition) is 6. The standard InChI is InChI=1S/C19H26F3N5O2S/c1-4-26(5-2)15-9-7-14(8-10-15)16-24-25-17(27(16)6-3)30-12-11-23-18(28)29-13-19(20,21)22/h7-10H,4-6,11-13H2,1-3H3,(H,23,28). The highest BCUT2D eigenvalue weighted by Crippen LogP contribution is 2.26. The molecule has 0 saturated heterocycles. The first-order valence-corrected chi connectivity index (χ1v) is 10.7. The van der Waals surface area contributed by atoms with Crippen molar-refractivity contribution in [2.45, 2.75) is 38.6 Å². The summed E-state index contributed by atoms with van der Waals surface area (Å²) < 4.78 is 42.1. The molecule has 0 atom stereocenters. The molecule has 0 aliphatic rings. The smallest absolute Gasteiger partial charge is 0.422 e. The van der Waals surface area contributed by atoms with Crippen LogP contribution in [0.25, 0.3) is 11.4 Å². The molecule has 0 aliphatic carbocycles. The molecule has 1 aromatic carbocycles. The van der Waals surface area contributed by atoms with E-state index in [2.05, 4.69) is 51.1 Å². The van der Waals surface area contributed by atoms with Gasteiger partial charge >= 0.3 is 12.3 Å². The van der Waals surface area contributed by atoms with Crippen molar-refractivity contribution in [3.63, 3.8) is 0 Å². The summed E-state index contributed by atoms with van der Waals surface area (Å²) in [5.74, 6) is 1.16. The van der Waals surface area contributed by atoms with Gasteiger partial charge in [0, 0.05) is 43.2 Å².